The minimum absolute atomic E-state index is 0.501. The molecule has 0 aliphatic heterocycles. The Labute approximate surface area is 95.9 Å². The summed E-state index contributed by atoms with van der Waals surface area (Å²) in [5, 5.41) is 0.684. The number of anilines is 1. The molecule has 3 nitrogen and oxygen atoms in total. The first kappa shape index (κ1) is 10.3. The first-order chi connectivity index (χ1) is 7.34. The largest absolute Gasteiger partial charge is 0.384 e. The molecule has 1 aromatic carbocycles. The first-order valence-corrected chi connectivity index (χ1v) is 6.48. The summed E-state index contributed by atoms with van der Waals surface area (Å²) in [6, 6.07) is 11.8. The van der Waals surface area contributed by atoms with Crippen molar-refractivity contribution < 1.29 is 0 Å². The molecular weight excluding hydrogens is 226 g/mol. The fourth-order valence-electron chi connectivity index (χ4n) is 0.956. The van der Waals surface area contributed by atoms with Crippen LogP contribution in [0.25, 0.3) is 0 Å². The lowest BCUT2D eigenvalue weighted by Gasteiger charge is -1.99. The molecule has 0 aliphatic rings. The molecule has 1 aromatic heterocycles. The Hall–Kier alpha value is -1.20. The minimum Gasteiger partial charge on any atom is -0.384 e. The van der Waals surface area contributed by atoms with Crippen LogP contribution in [0.4, 0.5) is 5.82 Å². The van der Waals surface area contributed by atoms with Gasteiger partial charge in [0.1, 0.15) is 5.82 Å². The van der Waals surface area contributed by atoms with Crippen molar-refractivity contribution in [3.8, 4) is 0 Å². The van der Waals surface area contributed by atoms with Gasteiger partial charge < -0.3 is 5.73 Å². The van der Waals surface area contributed by atoms with Gasteiger partial charge in [0.25, 0.3) is 0 Å². The summed E-state index contributed by atoms with van der Waals surface area (Å²) in [6.45, 7) is 0. The zero-order chi connectivity index (χ0) is 10.5. The van der Waals surface area contributed by atoms with Crippen LogP contribution in [-0.2, 0) is 0 Å². The molecule has 5 heteroatoms. The summed E-state index contributed by atoms with van der Waals surface area (Å²) in [5.74, 6) is 0.501. The average Bonchev–Trinajstić information content (AvgIpc) is 2.28. The molecular formula is C10H9N3S2. The maximum atomic E-state index is 5.55. The summed E-state index contributed by atoms with van der Waals surface area (Å²) in [6.07, 6.45) is 1.66. The molecule has 2 rings (SSSR count). The molecule has 2 aromatic rings. The smallest absolute Gasteiger partial charge is 0.200 e. The molecule has 0 bridgehead atoms. The summed E-state index contributed by atoms with van der Waals surface area (Å²) >= 11 is 0. The molecule has 0 saturated heterocycles. The Balaban J connectivity index is 1.99. The topological polar surface area (TPSA) is 51.8 Å². The van der Waals surface area contributed by atoms with Crippen molar-refractivity contribution in [1.82, 2.24) is 9.97 Å². The van der Waals surface area contributed by atoms with E-state index in [2.05, 4.69) is 9.97 Å². The summed E-state index contributed by atoms with van der Waals surface area (Å²) in [4.78, 5) is 9.38. The molecule has 0 amide bonds. The minimum atomic E-state index is 0.501. The Morgan fingerprint density at radius 1 is 1.00 bits per heavy atom. The third-order valence-electron chi connectivity index (χ3n) is 1.61. The highest BCUT2D eigenvalue weighted by molar-refractivity contribution is 8.76. The molecule has 0 unspecified atom stereocenters. The highest BCUT2D eigenvalue weighted by atomic mass is 33.1. The van der Waals surface area contributed by atoms with Crippen molar-refractivity contribution in [1.29, 1.82) is 0 Å². The molecule has 1 heterocycles. The predicted octanol–water partition coefficient (Wildman–Crippen LogP) is 2.86. The number of rotatable bonds is 3. The van der Waals surface area contributed by atoms with Gasteiger partial charge in [-0.1, -0.05) is 18.2 Å². The van der Waals surface area contributed by atoms with Crippen molar-refractivity contribution in [3.05, 3.63) is 42.6 Å². The monoisotopic (exact) mass is 235 g/mol. The van der Waals surface area contributed by atoms with Crippen LogP contribution in [0.5, 0.6) is 0 Å². The van der Waals surface area contributed by atoms with Gasteiger partial charge in [0.15, 0.2) is 0 Å². The molecule has 0 fully saturated rings. The second-order valence-corrected chi connectivity index (χ2v) is 4.91. The molecule has 0 aliphatic carbocycles. The van der Waals surface area contributed by atoms with Gasteiger partial charge in [-0.15, -0.1) is 0 Å². The van der Waals surface area contributed by atoms with Gasteiger partial charge in [-0.3, -0.25) is 0 Å². The average molecular weight is 235 g/mol. The fourth-order valence-corrected chi connectivity index (χ4v) is 2.73. The number of hydrogen-bond donors (Lipinski definition) is 1. The standard InChI is InChI=1S/C10H9N3S2/c11-9-6-7-12-10(13-9)15-14-8-4-2-1-3-5-8/h1-7H,(H2,11,12,13). The normalized spacial score (nSPS) is 10.1. The SMILES string of the molecule is Nc1ccnc(SSc2ccccc2)n1. The Kier molecular flexibility index (Phi) is 3.47. The Bertz CT molecular complexity index is 434. The Morgan fingerprint density at radius 2 is 1.80 bits per heavy atom. The second-order valence-electron chi connectivity index (χ2n) is 2.74. The lowest BCUT2D eigenvalue weighted by Crippen LogP contribution is -1.91. The molecule has 2 N–H and O–H groups in total. The van der Waals surface area contributed by atoms with Crippen molar-refractivity contribution in [2.45, 2.75) is 10.1 Å². The van der Waals surface area contributed by atoms with Crippen LogP contribution in [0, 0.1) is 0 Å². The van der Waals surface area contributed by atoms with E-state index in [9.17, 15) is 0 Å². The zero-order valence-corrected chi connectivity index (χ0v) is 9.46. The molecule has 0 spiro atoms. The van der Waals surface area contributed by atoms with Gasteiger partial charge in [-0.2, -0.15) is 0 Å². The van der Waals surface area contributed by atoms with Gasteiger partial charge in [0.2, 0.25) is 5.16 Å². The van der Waals surface area contributed by atoms with E-state index in [0.717, 1.165) is 0 Å². The summed E-state index contributed by atoms with van der Waals surface area (Å²) in [5.41, 5.74) is 5.55. The molecule has 0 radical (unpaired) electrons. The van der Waals surface area contributed by atoms with E-state index in [1.165, 1.54) is 15.7 Å². The van der Waals surface area contributed by atoms with E-state index in [-0.39, 0.29) is 0 Å². The van der Waals surface area contributed by atoms with E-state index in [0.29, 0.717) is 11.0 Å². The van der Waals surface area contributed by atoms with E-state index < -0.39 is 0 Å². The third-order valence-corrected chi connectivity index (χ3v) is 3.78. The number of nitrogens with zero attached hydrogens (tertiary/aromatic N) is 2. The third kappa shape index (κ3) is 3.14. The Morgan fingerprint density at radius 3 is 2.53 bits per heavy atom. The van der Waals surface area contributed by atoms with Gasteiger partial charge in [-0.05, 0) is 39.8 Å². The summed E-state index contributed by atoms with van der Waals surface area (Å²) in [7, 11) is 3.12. The maximum Gasteiger partial charge on any atom is 0.200 e. The summed E-state index contributed by atoms with van der Waals surface area (Å²) < 4.78 is 0. The highest BCUT2D eigenvalue weighted by Gasteiger charge is 1.99. The van der Waals surface area contributed by atoms with Crippen LogP contribution < -0.4 is 5.73 Å². The number of aromatic nitrogens is 2. The van der Waals surface area contributed by atoms with Crippen molar-refractivity contribution in [2.75, 3.05) is 5.73 Å². The second kappa shape index (κ2) is 5.04. The lowest BCUT2D eigenvalue weighted by molar-refractivity contribution is 0.982. The molecule has 0 atom stereocenters. The molecule has 0 saturated carbocycles. The van der Waals surface area contributed by atoms with Crippen molar-refractivity contribution in [3.63, 3.8) is 0 Å². The van der Waals surface area contributed by atoms with E-state index >= 15 is 0 Å². The van der Waals surface area contributed by atoms with Crippen LogP contribution >= 0.6 is 21.6 Å². The fraction of sp³-hybridized carbons (Fsp3) is 0. The van der Waals surface area contributed by atoms with Gasteiger partial charge in [0.05, 0.1) is 0 Å². The van der Waals surface area contributed by atoms with Crippen molar-refractivity contribution >= 4 is 27.4 Å². The van der Waals surface area contributed by atoms with Crippen LogP contribution in [-0.4, -0.2) is 9.97 Å². The number of nitrogens with two attached hydrogens (primary N) is 1. The van der Waals surface area contributed by atoms with Crippen LogP contribution in [0.1, 0.15) is 0 Å². The predicted molar refractivity (Wildman–Crippen MR) is 64.6 cm³/mol. The highest BCUT2D eigenvalue weighted by Crippen LogP contribution is 2.34. The van der Waals surface area contributed by atoms with Gasteiger partial charge >= 0.3 is 0 Å². The molecule has 76 valence electrons. The quantitative estimate of drug-likeness (QED) is 0.655. The maximum absolute atomic E-state index is 5.55. The first-order valence-electron chi connectivity index (χ1n) is 4.33. The van der Waals surface area contributed by atoms with Crippen LogP contribution in [0.2, 0.25) is 0 Å². The number of hydrogen-bond acceptors (Lipinski definition) is 5. The van der Waals surface area contributed by atoms with E-state index in [1.807, 2.05) is 30.3 Å². The molecule has 15 heavy (non-hydrogen) atoms. The van der Waals surface area contributed by atoms with Crippen LogP contribution in [0.3, 0.4) is 0 Å². The van der Waals surface area contributed by atoms with Crippen LogP contribution in [0.15, 0.2) is 52.6 Å². The van der Waals surface area contributed by atoms with Gasteiger partial charge in [0, 0.05) is 11.1 Å². The van der Waals surface area contributed by atoms with Crippen molar-refractivity contribution in [2.24, 2.45) is 0 Å². The van der Waals surface area contributed by atoms with E-state index in [4.69, 9.17) is 5.73 Å². The number of nitrogen functional groups attached to an aromatic ring is 1. The van der Waals surface area contributed by atoms with E-state index in [1.54, 1.807) is 23.1 Å². The lowest BCUT2D eigenvalue weighted by atomic mass is 10.4. The van der Waals surface area contributed by atoms with Gasteiger partial charge in [-0.25, -0.2) is 9.97 Å². The zero-order valence-electron chi connectivity index (χ0n) is 7.83. The number of benzene rings is 1.